The second-order valence-corrected chi connectivity index (χ2v) is 6.96. The summed E-state index contributed by atoms with van der Waals surface area (Å²) in [5, 5.41) is 0. The number of aromatic amines is 2. The summed E-state index contributed by atoms with van der Waals surface area (Å²) in [6.07, 6.45) is 4.38. The number of aromatic nitrogens is 4. The molecule has 0 radical (unpaired) electrons. The van der Waals surface area contributed by atoms with Crippen LogP contribution >= 0.6 is 0 Å². The Bertz CT molecular complexity index is 1070. The molecule has 2 aromatic heterocycles. The summed E-state index contributed by atoms with van der Waals surface area (Å²) < 4.78 is 6.39. The highest BCUT2D eigenvalue weighted by Gasteiger charge is 2.36. The number of benzene rings is 2. The molecule has 2 aromatic carbocycles. The number of nitrogens with zero attached hydrogens (tertiary/aromatic N) is 2. The first-order chi connectivity index (χ1) is 13.3. The highest BCUT2D eigenvalue weighted by atomic mass is 16.5. The Morgan fingerprint density at radius 1 is 0.889 bits per heavy atom. The van der Waals surface area contributed by atoms with Crippen molar-refractivity contribution in [2.24, 2.45) is 0 Å². The second-order valence-electron chi connectivity index (χ2n) is 6.96. The van der Waals surface area contributed by atoms with Gasteiger partial charge < -0.3 is 14.7 Å². The minimum absolute atomic E-state index is 0.0726. The van der Waals surface area contributed by atoms with Gasteiger partial charge in [-0.1, -0.05) is 48.5 Å². The second kappa shape index (κ2) is 6.43. The molecule has 0 bridgehead atoms. The third-order valence-electron chi connectivity index (χ3n) is 5.06. The van der Waals surface area contributed by atoms with Crippen LogP contribution < -0.4 is 4.74 Å². The van der Waals surface area contributed by atoms with Gasteiger partial charge in [0, 0.05) is 11.9 Å². The lowest BCUT2D eigenvalue weighted by Gasteiger charge is -2.31. The summed E-state index contributed by atoms with van der Waals surface area (Å²) in [5.74, 6) is 2.75. The molecule has 5 heteroatoms. The first kappa shape index (κ1) is 15.9. The SMILES string of the molecule is Cc1cnc(C2Cc3ccccc3OC2c2ncc(-c3ccccc3)[nH]2)[nH]1. The Labute approximate surface area is 157 Å². The molecule has 0 amide bonds. The van der Waals surface area contributed by atoms with Crippen molar-refractivity contribution in [3.8, 4) is 17.0 Å². The predicted molar refractivity (Wildman–Crippen MR) is 104 cm³/mol. The fourth-order valence-corrected chi connectivity index (χ4v) is 3.70. The molecular weight excluding hydrogens is 336 g/mol. The van der Waals surface area contributed by atoms with Gasteiger partial charge in [-0.25, -0.2) is 9.97 Å². The number of fused-ring (bicyclic) bond motifs is 1. The maximum absolute atomic E-state index is 6.39. The molecule has 134 valence electrons. The molecule has 4 aromatic rings. The molecule has 5 rings (SSSR count). The Morgan fingerprint density at radius 2 is 1.67 bits per heavy atom. The maximum atomic E-state index is 6.39. The van der Waals surface area contributed by atoms with Crippen LogP contribution in [0.1, 0.15) is 34.9 Å². The quantitative estimate of drug-likeness (QED) is 0.565. The van der Waals surface area contributed by atoms with E-state index in [0.717, 1.165) is 40.8 Å². The highest BCUT2D eigenvalue weighted by molar-refractivity contribution is 5.58. The van der Waals surface area contributed by atoms with E-state index in [1.807, 2.05) is 55.7 Å². The molecule has 0 fully saturated rings. The number of aryl methyl sites for hydroxylation is 1. The lowest BCUT2D eigenvalue weighted by atomic mass is 9.89. The van der Waals surface area contributed by atoms with E-state index in [0.29, 0.717) is 0 Å². The van der Waals surface area contributed by atoms with Crippen molar-refractivity contribution in [2.75, 3.05) is 0 Å². The third-order valence-corrected chi connectivity index (χ3v) is 5.06. The van der Waals surface area contributed by atoms with Crippen molar-refractivity contribution in [2.45, 2.75) is 25.4 Å². The normalized spacial score (nSPS) is 18.7. The molecule has 1 aliphatic heterocycles. The number of ether oxygens (including phenoxy) is 1. The van der Waals surface area contributed by atoms with Gasteiger partial charge in [-0.2, -0.15) is 0 Å². The Balaban J connectivity index is 1.55. The fourth-order valence-electron chi connectivity index (χ4n) is 3.70. The zero-order valence-corrected chi connectivity index (χ0v) is 15.0. The number of para-hydroxylation sites is 1. The number of nitrogens with one attached hydrogen (secondary N) is 2. The van der Waals surface area contributed by atoms with Crippen LogP contribution in [0, 0.1) is 6.92 Å². The smallest absolute Gasteiger partial charge is 0.166 e. The van der Waals surface area contributed by atoms with Gasteiger partial charge in [0.25, 0.3) is 0 Å². The minimum Gasteiger partial charge on any atom is -0.481 e. The molecule has 2 atom stereocenters. The summed E-state index contributed by atoms with van der Waals surface area (Å²) in [5.41, 5.74) is 4.34. The fraction of sp³-hybridized carbons (Fsp3) is 0.182. The van der Waals surface area contributed by atoms with Crippen molar-refractivity contribution in [3.63, 3.8) is 0 Å². The van der Waals surface area contributed by atoms with Gasteiger partial charge in [-0.05, 0) is 30.5 Å². The van der Waals surface area contributed by atoms with Gasteiger partial charge in [0.15, 0.2) is 6.10 Å². The molecule has 2 N–H and O–H groups in total. The Kier molecular flexibility index (Phi) is 3.78. The zero-order valence-electron chi connectivity index (χ0n) is 15.0. The lowest BCUT2D eigenvalue weighted by Crippen LogP contribution is -2.26. The molecule has 0 saturated heterocycles. The molecule has 27 heavy (non-hydrogen) atoms. The van der Waals surface area contributed by atoms with Gasteiger partial charge in [0.1, 0.15) is 17.4 Å². The number of hydrogen-bond donors (Lipinski definition) is 2. The van der Waals surface area contributed by atoms with Crippen LogP contribution in [0.2, 0.25) is 0 Å². The number of rotatable bonds is 3. The third kappa shape index (κ3) is 2.91. The summed E-state index contributed by atoms with van der Waals surface area (Å²) in [7, 11) is 0. The van der Waals surface area contributed by atoms with E-state index < -0.39 is 0 Å². The van der Waals surface area contributed by atoms with E-state index in [9.17, 15) is 0 Å². The molecule has 5 nitrogen and oxygen atoms in total. The molecule has 3 heterocycles. The van der Waals surface area contributed by atoms with Crippen LogP contribution in [0.15, 0.2) is 67.0 Å². The predicted octanol–water partition coefficient (Wildman–Crippen LogP) is 4.57. The topological polar surface area (TPSA) is 66.6 Å². The van der Waals surface area contributed by atoms with E-state index in [2.05, 4.69) is 38.1 Å². The van der Waals surface area contributed by atoms with E-state index in [1.54, 1.807) is 0 Å². The first-order valence-corrected chi connectivity index (χ1v) is 9.14. The van der Waals surface area contributed by atoms with Crippen LogP contribution in [0.25, 0.3) is 11.3 Å². The van der Waals surface area contributed by atoms with E-state index in [-0.39, 0.29) is 12.0 Å². The molecular formula is C22H20N4O. The van der Waals surface area contributed by atoms with E-state index in [4.69, 9.17) is 4.74 Å². The van der Waals surface area contributed by atoms with Gasteiger partial charge >= 0.3 is 0 Å². The van der Waals surface area contributed by atoms with Crippen LogP contribution in [0.4, 0.5) is 0 Å². The number of imidazole rings is 2. The summed E-state index contributed by atoms with van der Waals surface area (Å²) >= 11 is 0. The van der Waals surface area contributed by atoms with Crippen molar-refractivity contribution in [1.29, 1.82) is 0 Å². The number of H-pyrrole nitrogens is 2. The van der Waals surface area contributed by atoms with E-state index >= 15 is 0 Å². The van der Waals surface area contributed by atoms with E-state index in [1.165, 1.54) is 5.56 Å². The van der Waals surface area contributed by atoms with Crippen LogP contribution in [0.3, 0.4) is 0 Å². The zero-order chi connectivity index (χ0) is 18.2. The standard InChI is InChI=1S/C22H20N4O/c1-14-12-23-21(25-14)17-11-16-9-5-6-10-19(16)27-20(17)22-24-13-18(26-22)15-7-3-2-4-8-15/h2-10,12-13,17,20H,11H2,1H3,(H,23,25)(H,24,26). The molecule has 0 spiro atoms. The average Bonchev–Trinajstić information content (AvgIpc) is 3.37. The number of hydrogen-bond acceptors (Lipinski definition) is 3. The van der Waals surface area contributed by atoms with Crippen molar-refractivity contribution in [3.05, 3.63) is 89.9 Å². The van der Waals surface area contributed by atoms with Crippen molar-refractivity contribution < 1.29 is 4.74 Å². The van der Waals surface area contributed by atoms with Crippen LogP contribution in [-0.4, -0.2) is 19.9 Å². The molecule has 0 aliphatic carbocycles. The van der Waals surface area contributed by atoms with Gasteiger partial charge in [-0.15, -0.1) is 0 Å². The highest BCUT2D eigenvalue weighted by Crippen LogP contribution is 2.42. The maximum Gasteiger partial charge on any atom is 0.166 e. The first-order valence-electron chi connectivity index (χ1n) is 9.14. The molecule has 0 saturated carbocycles. The van der Waals surface area contributed by atoms with Gasteiger partial charge in [-0.3, -0.25) is 0 Å². The monoisotopic (exact) mass is 356 g/mol. The molecule has 2 unspecified atom stereocenters. The van der Waals surface area contributed by atoms with Gasteiger partial charge in [0.2, 0.25) is 0 Å². The largest absolute Gasteiger partial charge is 0.481 e. The summed E-state index contributed by atoms with van der Waals surface area (Å²) in [4.78, 5) is 16.1. The Hall–Kier alpha value is -3.34. The summed E-state index contributed by atoms with van der Waals surface area (Å²) in [6, 6.07) is 18.4. The van der Waals surface area contributed by atoms with Crippen molar-refractivity contribution in [1.82, 2.24) is 19.9 Å². The van der Waals surface area contributed by atoms with Crippen LogP contribution in [-0.2, 0) is 6.42 Å². The minimum atomic E-state index is -0.220. The average molecular weight is 356 g/mol. The van der Waals surface area contributed by atoms with Crippen LogP contribution in [0.5, 0.6) is 5.75 Å². The Morgan fingerprint density at radius 3 is 2.48 bits per heavy atom. The van der Waals surface area contributed by atoms with Crippen molar-refractivity contribution >= 4 is 0 Å². The molecule has 1 aliphatic rings. The lowest BCUT2D eigenvalue weighted by molar-refractivity contribution is 0.140. The van der Waals surface area contributed by atoms with Gasteiger partial charge in [0.05, 0.1) is 17.8 Å². The summed E-state index contributed by atoms with van der Waals surface area (Å²) in [6.45, 7) is 2.02.